The van der Waals surface area contributed by atoms with Crippen LogP contribution in [0, 0.1) is 6.92 Å². The molecule has 0 atom stereocenters. The van der Waals surface area contributed by atoms with Crippen LogP contribution < -0.4 is 5.32 Å². The van der Waals surface area contributed by atoms with Crippen LogP contribution in [0.25, 0.3) is 10.6 Å². The van der Waals surface area contributed by atoms with Gasteiger partial charge in [-0.25, -0.2) is 14.6 Å². The third kappa shape index (κ3) is 5.29. The van der Waals surface area contributed by atoms with Crippen molar-refractivity contribution in [2.45, 2.75) is 40.2 Å². The molecular formula is C18H22N2O4S. The molecule has 1 heterocycles. The first-order chi connectivity index (χ1) is 11.7. The van der Waals surface area contributed by atoms with Gasteiger partial charge in [-0.2, -0.15) is 0 Å². The summed E-state index contributed by atoms with van der Waals surface area (Å²) in [5.74, 6) is -0.580. The van der Waals surface area contributed by atoms with Crippen LogP contribution in [-0.2, 0) is 9.47 Å². The van der Waals surface area contributed by atoms with E-state index in [1.54, 1.807) is 27.7 Å². The number of thiazole rings is 1. The fourth-order valence-electron chi connectivity index (χ4n) is 2.04. The molecule has 0 aliphatic heterocycles. The second-order valence-electron chi connectivity index (χ2n) is 6.41. The standard InChI is InChI=1S/C18H22N2O4S/c1-6-23-16(21)13-15(20-17(22)24-18(3,4)5)25-14(19-13)12-9-7-8-11(2)10-12/h7-10H,6H2,1-5H3,(H,20,22). The smallest absolute Gasteiger partial charge is 0.412 e. The minimum absolute atomic E-state index is 0.0780. The van der Waals surface area contributed by atoms with Crippen LogP contribution in [0.2, 0.25) is 0 Å². The van der Waals surface area contributed by atoms with Crippen LogP contribution >= 0.6 is 11.3 Å². The number of carbonyl (C=O) groups excluding carboxylic acids is 2. The first-order valence-electron chi connectivity index (χ1n) is 7.94. The summed E-state index contributed by atoms with van der Waals surface area (Å²) in [5, 5.41) is 3.54. The summed E-state index contributed by atoms with van der Waals surface area (Å²) in [6.45, 7) is 9.22. The van der Waals surface area contributed by atoms with Gasteiger partial charge in [0.15, 0.2) is 5.69 Å². The van der Waals surface area contributed by atoms with Crippen molar-refractivity contribution in [3.05, 3.63) is 35.5 Å². The number of amides is 1. The zero-order valence-corrected chi connectivity index (χ0v) is 15.8. The first kappa shape index (κ1) is 18.9. The van der Waals surface area contributed by atoms with Crippen molar-refractivity contribution in [3.63, 3.8) is 0 Å². The van der Waals surface area contributed by atoms with Crippen LogP contribution in [0.1, 0.15) is 43.7 Å². The molecule has 25 heavy (non-hydrogen) atoms. The summed E-state index contributed by atoms with van der Waals surface area (Å²) < 4.78 is 10.3. The highest BCUT2D eigenvalue weighted by molar-refractivity contribution is 7.19. The maximum atomic E-state index is 12.2. The fraction of sp³-hybridized carbons (Fsp3) is 0.389. The minimum atomic E-state index is -0.641. The van der Waals surface area contributed by atoms with Gasteiger partial charge in [0.1, 0.15) is 15.6 Å². The van der Waals surface area contributed by atoms with E-state index in [2.05, 4.69) is 10.3 Å². The van der Waals surface area contributed by atoms with Gasteiger partial charge >= 0.3 is 12.1 Å². The summed E-state index contributed by atoms with van der Waals surface area (Å²) in [6.07, 6.45) is -0.641. The second kappa shape index (κ2) is 7.65. The van der Waals surface area contributed by atoms with Gasteiger partial charge in [-0.05, 0) is 40.7 Å². The normalized spacial score (nSPS) is 11.1. The van der Waals surface area contributed by atoms with Crippen molar-refractivity contribution in [3.8, 4) is 10.6 Å². The Morgan fingerprint density at radius 2 is 2.00 bits per heavy atom. The van der Waals surface area contributed by atoms with Gasteiger partial charge in [0.2, 0.25) is 0 Å². The molecular weight excluding hydrogens is 340 g/mol. The molecule has 0 aliphatic carbocycles. The van der Waals surface area contributed by atoms with Crippen LogP contribution in [0.5, 0.6) is 0 Å². The van der Waals surface area contributed by atoms with Gasteiger partial charge in [-0.15, -0.1) is 0 Å². The lowest BCUT2D eigenvalue weighted by Gasteiger charge is -2.19. The van der Waals surface area contributed by atoms with E-state index in [4.69, 9.17) is 9.47 Å². The predicted octanol–water partition coefficient (Wildman–Crippen LogP) is 4.64. The third-order valence-corrected chi connectivity index (χ3v) is 4.00. The number of ether oxygens (including phenoxy) is 2. The van der Waals surface area contributed by atoms with Gasteiger partial charge in [-0.1, -0.05) is 35.1 Å². The van der Waals surface area contributed by atoms with Gasteiger partial charge in [0, 0.05) is 5.56 Å². The van der Waals surface area contributed by atoms with Gasteiger partial charge < -0.3 is 9.47 Å². The van der Waals surface area contributed by atoms with E-state index >= 15 is 0 Å². The molecule has 0 fully saturated rings. The van der Waals surface area contributed by atoms with E-state index in [1.807, 2.05) is 31.2 Å². The lowest BCUT2D eigenvalue weighted by Crippen LogP contribution is -2.27. The topological polar surface area (TPSA) is 77.5 Å². The number of benzene rings is 1. The summed E-state index contributed by atoms with van der Waals surface area (Å²) in [6, 6.07) is 7.75. The van der Waals surface area contributed by atoms with E-state index in [0.29, 0.717) is 10.0 Å². The molecule has 7 heteroatoms. The SMILES string of the molecule is CCOC(=O)c1nc(-c2cccc(C)c2)sc1NC(=O)OC(C)(C)C. The van der Waals surface area contributed by atoms with Crippen LogP contribution in [0.4, 0.5) is 9.80 Å². The zero-order chi connectivity index (χ0) is 18.6. The highest BCUT2D eigenvalue weighted by atomic mass is 32.1. The molecule has 0 radical (unpaired) electrons. The summed E-state index contributed by atoms with van der Waals surface area (Å²) >= 11 is 1.21. The molecule has 6 nitrogen and oxygen atoms in total. The Kier molecular flexibility index (Phi) is 5.79. The lowest BCUT2D eigenvalue weighted by molar-refractivity contribution is 0.0521. The molecule has 0 bridgehead atoms. The quantitative estimate of drug-likeness (QED) is 0.802. The van der Waals surface area contributed by atoms with Gasteiger partial charge in [0.05, 0.1) is 6.61 Å². The number of nitrogens with zero attached hydrogens (tertiary/aromatic N) is 1. The molecule has 0 unspecified atom stereocenters. The van der Waals surface area contributed by atoms with E-state index in [9.17, 15) is 9.59 Å². The zero-order valence-electron chi connectivity index (χ0n) is 15.0. The Labute approximate surface area is 151 Å². The van der Waals surface area contributed by atoms with Crippen LogP contribution in [0.15, 0.2) is 24.3 Å². The molecule has 0 saturated heterocycles. The van der Waals surface area contributed by atoms with Crippen molar-refractivity contribution < 1.29 is 19.1 Å². The molecule has 0 saturated carbocycles. The molecule has 0 aliphatic rings. The molecule has 2 rings (SSSR count). The average molecular weight is 362 g/mol. The van der Waals surface area contributed by atoms with E-state index in [1.165, 1.54) is 11.3 Å². The third-order valence-electron chi connectivity index (χ3n) is 2.98. The number of nitrogens with one attached hydrogen (secondary N) is 1. The maximum absolute atomic E-state index is 12.2. The van der Waals surface area contributed by atoms with Crippen molar-refractivity contribution in [1.29, 1.82) is 0 Å². The van der Waals surface area contributed by atoms with E-state index in [0.717, 1.165) is 11.1 Å². The first-order valence-corrected chi connectivity index (χ1v) is 8.76. The summed E-state index contributed by atoms with van der Waals surface area (Å²) in [4.78, 5) is 28.6. The molecule has 2 aromatic rings. The van der Waals surface area contributed by atoms with Crippen molar-refractivity contribution in [1.82, 2.24) is 4.98 Å². The number of rotatable bonds is 4. The molecule has 0 spiro atoms. The van der Waals surface area contributed by atoms with Crippen LogP contribution in [-0.4, -0.2) is 29.3 Å². The summed E-state index contributed by atoms with van der Waals surface area (Å²) in [7, 11) is 0. The number of aryl methyl sites for hydroxylation is 1. The molecule has 1 aromatic heterocycles. The van der Waals surface area contributed by atoms with E-state index < -0.39 is 17.7 Å². The Balaban J connectivity index is 2.36. The number of hydrogen-bond acceptors (Lipinski definition) is 6. The molecule has 134 valence electrons. The largest absolute Gasteiger partial charge is 0.461 e. The van der Waals surface area contributed by atoms with Crippen molar-refractivity contribution >= 4 is 28.4 Å². The van der Waals surface area contributed by atoms with Crippen LogP contribution in [0.3, 0.4) is 0 Å². The fourth-order valence-corrected chi connectivity index (χ4v) is 2.98. The second-order valence-corrected chi connectivity index (χ2v) is 7.41. The number of anilines is 1. The maximum Gasteiger partial charge on any atom is 0.412 e. The number of hydrogen-bond donors (Lipinski definition) is 1. The molecule has 1 aromatic carbocycles. The summed E-state index contributed by atoms with van der Waals surface area (Å²) in [5.41, 5.74) is 1.38. The van der Waals surface area contributed by atoms with Crippen molar-refractivity contribution in [2.24, 2.45) is 0 Å². The predicted molar refractivity (Wildman–Crippen MR) is 98.1 cm³/mol. The Bertz CT molecular complexity index is 778. The van der Waals surface area contributed by atoms with Crippen molar-refractivity contribution in [2.75, 3.05) is 11.9 Å². The Hall–Kier alpha value is -2.41. The number of esters is 1. The highest BCUT2D eigenvalue weighted by Crippen LogP contribution is 2.33. The van der Waals surface area contributed by atoms with Gasteiger partial charge in [-0.3, -0.25) is 5.32 Å². The molecule has 1 N–H and O–H groups in total. The monoisotopic (exact) mass is 362 g/mol. The molecule has 1 amide bonds. The minimum Gasteiger partial charge on any atom is -0.461 e. The van der Waals surface area contributed by atoms with E-state index in [-0.39, 0.29) is 12.3 Å². The lowest BCUT2D eigenvalue weighted by atomic mass is 10.1. The Morgan fingerprint density at radius 3 is 2.60 bits per heavy atom. The number of aromatic nitrogens is 1. The number of carbonyl (C=O) groups is 2. The van der Waals surface area contributed by atoms with Gasteiger partial charge in [0.25, 0.3) is 0 Å². The highest BCUT2D eigenvalue weighted by Gasteiger charge is 2.24. The average Bonchev–Trinajstić information content (AvgIpc) is 2.89. The Morgan fingerprint density at radius 1 is 1.28 bits per heavy atom.